The molecule has 0 aliphatic carbocycles. The van der Waals surface area contributed by atoms with Crippen LogP contribution < -0.4 is 32.3 Å². The SMILES string of the molecule is O=C(NNc1ccc([N+](=O)[O-])cc1[N+](=O)[O-])Nc1ccc(Cc2ccc(NC(=O)NNc3ccc([N+](=O)[O-])cc3[N+](=O)[O-])cc2)cc1. The van der Waals surface area contributed by atoms with E-state index in [-0.39, 0.29) is 11.4 Å². The molecular formula is C27H22N10O10. The van der Waals surface area contributed by atoms with E-state index in [0.29, 0.717) is 17.8 Å². The van der Waals surface area contributed by atoms with Gasteiger partial charge in [-0.3, -0.25) is 62.2 Å². The van der Waals surface area contributed by atoms with Gasteiger partial charge in [0.25, 0.3) is 11.4 Å². The maximum Gasteiger partial charge on any atom is 0.337 e. The van der Waals surface area contributed by atoms with Crippen LogP contribution in [0.15, 0.2) is 84.9 Å². The van der Waals surface area contributed by atoms with E-state index >= 15 is 0 Å². The Balaban J connectivity index is 1.26. The van der Waals surface area contributed by atoms with Gasteiger partial charge in [-0.05, 0) is 53.9 Å². The Bertz CT molecular complexity index is 1730. The van der Waals surface area contributed by atoms with Gasteiger partial charge in [-0.15, -0.1) is 0 Å². The Morgan fingerprint density at radius 3 is 1.19 bits per heavy atom. The molecule has 0 spiro atoms. The molecule has 240 valence electrons. The van der Waals surface area contributed by atoms with Gasteiger partial charge in [-0.1, -0.05) is 24.3 Å². The molecule has 4 aromatic carbocycles. The number of nitro groups is 4. The minimum Gasteiger partial charge on any atom is -0.307 e. The van der Waals surface area contributed by atoms with Gasteiger partial charge in [0.1, 0.15) is 11.4 Å². The summed E-state index contributed by atoms with van der Waals surface area (Å²) in [5.41, 5.74) is 9.30. The van der Waals surface area contributed by atoms with E-state index in [2.05, 4.69) is 32.3 Å². The number of anilines is 4. The van der Waals surface area contributed by atoms with Crippen LogP contribution in [0.4, 0.5) is 55.1 Å². The molecule has 0 saturated heterocycles. The fraction of sp³-hybridized carbons (Fsp3) is 0.0370. The fourth-order valence-electron chi connectivity index (χ4n) is 4.00. The molecule has 20 heteroatoms. The third-order valence-electron chi connectivity index (χ3n) is 6.23. The van der Waals surface area contributed by atoms with E-state index in [1.165, 1.54) is 0 Å². The largest absolute Gasteiger partial charge is 0.337 e. The molecule has 20 nitrogen and oxygen atoms in total. The summed E-state index contributed by atoms with van der Waals surface area (Å²) in [6.07, 6.45) is 0.496. The normalized spacial score (nSPS) is 10.2. The highest BCUT2D eigenvalue weighted by Gasteiger charge is 2.21. The molecule has 0 unspecified atom stereocenters. The smallest absolute Gasteiger partial charge is 0.307 e. The standard InChI is InChI=1S/C27H22N10O10/c38-26(32-30-22-11-9-20(34(40)41)14-24(22)36(44)45)28-18-5-1-16(2-6-18)13-17-3-7-19(8-4-17)29-27(39)33-31-23-12-10-21(35(42)43)15-25(23)37(46)47/h1-12,14-15,30-31H,13H2,(H2,28,32,38)(H2,29,33,39). The van der Waals surface area contributed by atoms with E-state index < -0.39 is 54.5 Å². The first kappa shape index (κ1) is 32.5. The third kappa shape index (κ3) is 8.82. The molecule has 0 aliphatic rings. The Hall–Kier alpha value is -7.38. The zero-order valence-electron chi connectivity index (χ0n) is 23.7. The van der Waals surface area contributed by atoms with Crippen molar-refractivity contribution in [3.63, 3.8) is 0 Å². The number of nitrogens with one attached hydrogen (secondary N) is 6. The van der Waals surface area contributed by atoms with Gasteiger partial charge in [0.2, 0.25) is 0 Å². The topological polar surface area (TPSA) is 279 Å². The van der Waals surface area contributed by atoms with E-state index in [4.69, 9.17) is 0 Å². The maximum absolute atomic E-state index is 12.3. The van der Waals surface area contributed by atoms with Crippen LogP contribution >= 0.6 is 0 Å². The van der Waals surface area contributed by atoms with Gasteiger partial charge < -0.3 is 10.6 Å². The zero-order valence-corrected chi connectivity index (χ0v) is 23.7. The number of nitrogens with zero attached hydrogens (tertiary/aromatic N) is 4. The molecule has 0 radical (unpaired) electrons. The van der Waals surface area contributed by atoms with Gasteiger partial charge in [0, 0.05) is 23.5 Å². The van der Waals surface area contributed by atoms with Crippen molar-refractivity contribution in [2.24, 2.45) is 0 Å². The van der Waals surface area contributed by atoms with Crippen molar-refractivity contribution >= 4 is 57.6 Å². The van der Waals surface area contributed by atoms with Gasteiger partial charge in [0.15, 0.2) is 0 Å². The first-order chi connectivity index (χ1) is 22.4. The lowest BCUT2D eigenvalue weighted by atomic mass is 10.0. The number of carbonyl (C=O) groups excluding carboxylic acids is 2. The van der Waals surface area contributed by atoms with Gasteiger partial charge in [-0.2, -0.15) is 0 Å². The number of nitro benzene ring substituents is 4. The molecule has 4 amide bonds. The van der Waals surface area contributed by atoms with Crippen LogP contribution in [0.2, 0.25) is 0 Å². The van der Waals surface area contributed by atoms with Crippen LogP contribution in [-0.4, -0.2) is 31.8 Å². The number of amides is 4. The van der Waals surface area contributed by atoms with Crippen molar-refractivity contribution in [1.29, 1.82) is 0 Å². The summed E-state index contributed by atoms with van der Waals surface area (Å²) < 4.78 is 0. The van der Waals surface area contributed by atoms with Crippen molar-refractivity contribution in [1.82, 2.24) is 10.9 Å². The Morgan fingerprint density at radius 1 is 0.511 bits per heavy atom. The van der Waals surface area contributed by atoms with E-state index in [1.54, 1.807) is 48.5 Å². The Morgan fingerprint density at radius 2 is 0.872 bits per heavy atom. The molecule has 0 bridgehead atoms. The molecule has 0 aromatic heterocycles. The van der Waals surface area contributed by atoms with Crippen molar-refractivity contribution in [2.45, 2.75) is 6.42 Å². The van der Waals surface area contributed by atoms with Crippen molar-refractivity contribution in [3.05, 3.63) is 137 Å². The minimum atomic E-state index is -0.823. The Labute approximate surface area is 262 Å². The van der Waals surface area contributed by atoms with Crippen molar-refractivity contribution in [2.75, 3.05) is 21.5 Å². The molecule has 0 saturated carbocycles. The van der Waals surface area contributed by atoms with Crippen molar-refractivity contribution in [3.8, 4) is 0 Å². The molecule has 4 rings (SSSR count). The van der Waals surface area contributed by atoms with Crippen LogP contribution in [0.3, 0.4) is 0 Å². The molecule has 0 aliphatic heterocycles. The number of carbonyl (C=O) groups is 2. The van der Waals surface area contributed by atoms with Crippen molar-refractivity contribution < 1.29 is 29.3 Å². The minimum absolute atomic E-state index is 0.154. The second kappa shape index (κ2) is 14.4. The third-order valence-corrected chi connectivity index (χ3v) is 6.23. The lowest BCUT2D eigenvalue weighted by Gasteiger charge is -2.11. The molecule has 0 fully saturated rings. The van der Waals surface area contributed by atoms with Crippen LogP contribution in [0.1, 0.15) is 11.1 Å². The highest BCUT2D eigenvalue weighted by atomic mass is 16.6. The summed E-state index contributed by atoms with van der Waals surface area (Å²) in [7, 11) is 0. The van der Waals surface area contributed by atoms with Crippen LogP contribution in [0.25, 0.3) is 0 Å². The predicted molar refractivity (Wildman–Crippen MR) is 167 cm³/mol. The van der Waals surface area contributed by atoms with Crippen LogP contribution in [-0.2, 0) is 6.42 Å². The van der Waals surface area contributed by atoms with Crippen LogP contribution in [0.5, 0.6) is 0 Å². The molecule has 4 aromatic rings. The number of urea groups is 2. The highest BCUT2D eigenvalue weighted by molar-refractivity contribution is 5.91. The zero-order chi connectivity index (χ0) is 34.1. The summed E-state index contributed by atoms with van der Waals surface area (Å²) >= 11 is 0. The molecular weight excluding hydrogens is 624 g/mol. The summed E-state index contributed by atoms with van der Waals surface area (Å²) in [6.45, 7) is 0. The number of hydrazine groups is 2. The number of non-ortho nitro benzene ring substituents is 2. The lowest BCUT2D eigenvalue weighted by molar-refractivity contribution is -0.393. The lowest BCUT2D eigenvalue weighted by Crippen LogP contribution is -2.33. The van der Waals surface area contributed by atoms with Gasteiger partial charge in [0.05, 0.1) is 31.8 Å². The molecule has 6 N–H and O–H groups in total. The first-order valence-electron chi connectivity index (χ1n) is 13.1. The van der Waals surface area contributed by atoms with Gasteiger partial charge >= 0.3 is 23.4 Å². The number of hydrogen-bond acceptors (Lipinski definition) is 12. The fourth-order valence-corrected chi connectivity index (χ4v) is 4.00. The highest BCUT2D eigenvalue weighted by Crippen LogP contribution is 2.29. The monoisotopic (exact) mass is 646 g/mol. The summed E-state index contributed by atoms with van der Waals surface area (Å²) in [5, 5.41) is 49.3. The average Bonchev–Trinajstić information content (AvgIpc) is 3.04. The van der Waals surface area contributed by atoms with Crippen LogP contribution in [0, 0.1) is 40.5 Å². The van der Waals surface area contributed by atoms with E-state index in [1.807, 2.05) is 0 Å². The number of rotatable bonds is 12. The number of benzene rings is 4. The van der Waals surface area contributed by atoms with Gasteiger partial charge in [-0.25, -0.2) is 9.59 Å². The van der Waals surface area contributed by atoms with E-state index in [0.717, 1.165) is 47.5 Å². The van der Waals surface area contributed by atoms with E-state index in [9.17, 15) is 50.0 Å². The predicted octanol–water partition coefficient (Wildman–Crippen LogP) is 5.21. The summed E-state index contributed by atoms with van der Waals surface area (Å²) in [4.78, 5) is 65.5. The summed E-state index contributed by atoms with van der Waals surface area (Å²) in [5.74, 6) is 0. The second-order valence-electron chi connectivity index (χ2n) is 9.41. The molecule has 0 heterocycles. The quantitative estimate of drug-likeness (QED) is 0.0854. The Kier molecular flexibility index (Phi) is 9.96. The first-order valence-corrected chi connectivity index (χ1v) is 13.1. The summed E-state index contributed by atoms with van der Waals surface area (Å²) in [6, 6.07) is 17.9. The maximum atomic E-state index is 12.3. The molecule has 47 heavy (non-hydrogen) atoms. The number of hydrogen-bond donors (Lipinski definition) is 6. The molecule has 0 atom stereocenters. The second-order valence-corrected chi connectivity index (χ2v) is 9.41. The average molecular weight is 647 g/mol.